The normalized spacial score (nSPS) is 15.9. The molecule has 1 unspecified atom stereocenters. The first-order chi connectivity index (χ1) is 13.4. The van der Waals surface area contributed by atoms with E-state index in [1.54, 1.807) is 44.2 Å². The average molecular weight is 386 g/mol. The quantitative estimate of drug-likeness (QED) is 0.631. The zero-order valence-corrected chi connectivity index (χ0v) is 15.9. The molecule has 1 heterocycles. The number of carbonyl (C=O) groups excluding carboxylic acids is 1. The zero-order chi connectivity index (χ0) is 20.3. The molecule has 7 nitrogen and oxygen atoms in total. The molecular weight excluding hydrogens is 363 g/mol. The fourth-order valence-corrected chi connectivity index (χ4v) is 3.32. The monoisotopic (exact) mass is 386 g/mol. The molecule has 0 bridgehead atoms. The van der Waals surface area contributed by atoms with Crippen LogP contribution in [0, 0.1) is 22.9 Å². The summed E-state index contributed by atoms with van der Waals surface area (Å²) in [7, 11) is 0. The summed E-state index contributed by atoms with van der Waals surface area (Å²) in [5, 5.41) is 14.0. The Labute approximate surface area is 162 Å². The summed E-state index contributed by atoms with van der Waals surface area (Å²) >= 11 is 0. The van der Waals surface area contributed by atoms with E-state index in [1.807, 2.05) is 9.80 Å². The van der Waals surface area contributed by atoms with E-state index in [4.69, 9.17) is 0 Å². The summed E-state index contributed by atoms with van der Waals surface area (Å²) in [5.41, 5.74) is 1.64. The van der Waals surface area contributed by atoms with E-state index in [2.05, 4.69) is 5.32 Å². The van der Waals surface area contributed by atoms with Crippen molar-refractivity contribution >= 4 is 23.0 Å². The van der Waals surface area contributed by atoms with E-state index in [9.17, 15) is 19.3 Å². The molecule has 0 saturated carbocycles. The number of nitrogens with one attached hydrogen (secondary N) is 1. The molecule has 148 valence electrons. The molecule has 1 aliphatic heterocycles. The second-order valence-electron chi connectivity index (χ2n) is 6.90. The SMILES string of the molecule is Cc1ccc(NC(=O)C(C)N2CCN(c3ccccc3[N+](=O)[O-])CC2)cc1F. The Hall–Kier alpha value is -3.00. The first-order valence-electron chi connectivity index (χ1n) is 9.16. The van der Waals surface area contributed by atoms with E-state index >= 15 is 0 Å². The van der Waals surface area contributed by atoms with Crippen LogP contribution in [0.1, 0.15) is 12.5 Å². The number of anilines is 2. The molecule has 1 N–H and O–H groups in total. The van der Waals surface area contributed by atoms with Crippen molar-refractivity contribution in [3.8, 4) is 0 Å². The topological polar surface area (TPSA) is 78.7 Å². The Morgan fingerprint density at radius 3 is 2.50 bits per heavy atom. The molecule has 2 aromatic rings. The third-order valence-electron chi connectivity index (χ3n) is 5.10. The Morgan fingerprint density at radius 1 is 1.18 bits per heavy atom. The van der Waals surface area contributed by atoms with Crippen LogP contribution in [-0.4, -0.2) is 48.0 Å². The number of amides is 1. The third-order valence-corrected chi connectivity index (χ3v) is 5.10. The Balaban J connectivity index is 1.60. The highest BCUT2D eigenvalue weighted by molar-refractivity contribution is 5.94. The molecule has 2 aromatic carbocycles. The molecule has 1 fully saturated rings. The van der Waals surface area contributed by atoms with Gasteiger partial charge in [-0.3, -0.25) is 19.8 Å². The van der Waals surface area contributed by atoms with Crippen LogP contribution in [0.2, 0.25) is 0 Å². The van der Waals surface area contributed by atoms with Crippen molar-refractivity contribution < 1.29 is 14.1 Å². The molecule has 0 aliphatic carbocycles. The van der Waals surface area contributed by atoms with Gasteiger partial charge in [0.15, 0.2) is 0 Å². The number of rotatable bonds is 5. The van der Waals surface area contributed by atoms with Gasteiger partial charge in [0, 0.05) is 37.9 Å². The maximum Gasteiger partial charge on any atom is 0.292 e. The highest BCUT2D eigenvalue weighted by Gasteiger charge is 2.28. The number of nitrogens with zero attached hydrogens (tertiary/aromatic N) is 3. The molecule has 3 rings (SSSR count). The lowest BCUT2D eigenvalue weighted by atomic mass is 10.1. The standard InChI is InChI=1S/C20H23FN4O3/c1-14-7-8-16(13-17(14)21)22-20(26)15(2)23-9-11-24(12-10-23)18-5-3-4-6-19(18)25(27)28/h3-8,13,15H,9-12H2,1-2H3,(H,22,26). The summed E-state index contributed by atoms with van der Waals surface area (Å²) < 4.78 is 13.7. The lowest BCUT2D eigenvalue weighted by molar-refractivity contribution is -0.384. The minimum Gasteiger partial charge on any atom is -0.363 e. The van der Waals surface area contributed by atoms with Gasteiger partial charge in [-0.15, -0.1) is 0 Å². The minimum atomic E-state index is -0.391. The summed E-state index contributed by atoms with van der Waals surface area (Å²) in [6.07, 6.45) is 0. The van der Waals surface area contributed by atoms with Crippen LogP contribution in [0.5, 0.6) is 0 Å². The second-order valence-corrected chi connectivity index (χ2v) is 6.90. The van der Waals surface area contributed by atoms with Gasteiger partial charge in [0.2, 0.25) is 5.91 Å². The van der Waals surface area contributed by atoms with Gasteiger partial charge in [-0.2, -0.15) is 0 Å². The minimum absolute atomic E-state index is 0.0862. The van der Waals surface area contributed by atoms with Crippen LogP contribution in [0.3, 0.4) is 0 Å². The first-order valence-corrected chi connectivity index (χ1v) is 9.16. The highest BCUT2D eigenvalue weighted by Crippen LogP contribution is 2.28. The molecule has 1 saturated heterocycles. The van der Waals surface area contributed by atoms with Crippen molar-refractivity contribution in [3.05, 3.63) is 64.0 Å². The van der Waals surface area contributed by atoms with Crippen LogP contribution >= 0.6 is 0 Å². The van der Waals surface area contributed by atoms with E-state index in [1.165, 1.54) is 12.1 Å². The zero-order valence-electron chi connectivity index (χ0n) is 15.9. The Bertz CT molecular complexity index is 882. The van der Waals surface area contributed by atoms with Gasteiger partial charge < -0.3 is 10.2 Å². The van der Waals surface area contributed by atoms with Crippen LogP contribution in [0.15, 0.2) is 42.5 Å². The lowest BCUT2D eigenvalue weighted by Crippen LogP contribution is -2.53. The van der Waals surface area contributed by atoms with Crippen molar-refractivity contribution in [2.75, 3.05) is 36.4 Å². The van der Waals surface area contributed by atoms with Crippen LogP contribution in [0.4, 0.5) is 21.5 Å². The summed E-state index contributed by atoms with van der Waals surface area (Å²) in [5.74, 6) is -0.564. The van der Waals surface area contributed by atoms with Gasteiger partial charge in [0.25, 0.3) is 5.69 Å². The van der Waals surface area contributed by atoms with Gasteiger partial charge in [-0.1, -0.05) is 18.2 Å². The number of nitro benzene ring substituents is 1. The molecule has 0 spiro atoms. The highest BCUT2D eigenvalue weighted by atomic mass is 19.1. The smallest absolute Gasteiger partial charge is 0.292 e. The van der Waals surface area contributed by atoms with E-state index in [-0.39, 0.29) is 22.3 Å². The van der Waals surface area contributed by atoms with Gasteiger partial charge in [0.1, 0.15) is 11.5 Å². The number of para-hydroxylation sites is 2. The maximum absolute atomic E-state index is 13.7. The fourth-order valence-electron chi connectivity index (χ4n) is 3.32. The van der Waals surface area contributed by atoms with Crippen molar-refractivity contribution in [2.24, 2.45) is 0 Å². The second kappa shape index (κ2) is 8.35. The van der Waals surface area contributed by atoms with Crippen LogP contribution in [-0.2, 0) is 4.79 Å². The number of carbonyl (C=O) groups is 1. The summed E-state index contributed by atoms with van der Waals surface area (Å²) in [6, 6.07) is 10.9. The number of piperazine rings is 1. The molecule has 0 aromatic heterocycles. The van der Waals surface area contributed by atoms with E-state index in [0.29, 0.717) is 43.1 Å². The number of nitro groups is 1. The number of hydrogen-bond acceptors (Lipinski definition) is 5. The molecule has 1 aliphatic rings. The fraction of sp³-hybridized carbons (Fsp3) is 0.350. The van der Waals surface area contributed by atoms with Gasteiger partial charge in [-0.25, -0.2) is 4.39 Å². The van der Waals surface area contributed by atoms with Crippen LogP contribution < -0.4 is 10.2 Å². The molecular formula is C20H23FN4O3. The number of halogens is 1. The predicted molar refractivity (Wildman–Crippen MR) is 106 cm³/mol. The molecule has 1 atom stereocenters. The van der Waals surface area contributed by atoms with Crippen molar-refractivity contribution in [3.63, 3.8) is 0 Å². The maximum atomic E-state index is 13.7. The molecule has 1 amide bonds. The van der Waals surface area contributed by atoms with E-state index < -0.39 is 6.04 Å². The van der Waals surface area contributed by atoms with Crippen molar-refractivity contribution in [1.29, 1.82) is 0 Å². The largest absolute Gasteiger partial charge is 0.363 e. The molecule has 28 heavy (non-hydrogen) atoms. The van der Waals surface area contributed by atoms with Crippen molar-refractivity contribution in [2.45, 2.75) is 19.9 Å². The third kappa shape index (κ3) is 4.28. The average Bonchev–Trinajstić information content (AvgIpc) is 2.70. The van der Waals surface area contributed by atoms with Gasteiger partial charge in [-0.05, 0) is 37.6 Å². The molecule has 0 radical (unpaired) electrons. The van der Waals surface area contributed by atoms with Gasteiger partial charge >= 0.3 is 0 Å². The van der Waals surface area contributed by atoms with Crippen LogP contribution in [0.25, 0.3) is 0 Å². The summed E-state index contributed by atoms with van der Waals surface area (Å²) in [4.78, 5) is 27.4. The Kier molecular flexibility index (Phi) is 5.89. The predicted octanol–water partition coefficient (Wildman–Crippen LogP) is 3.19. The number of hydrogen-bond donors (Lipinski definition) is 1. The number of benzene rings is 2. The molecule has 8 heteroatoms. The van der Waals surface area contributed by atoms with E-state index in [0.717, 1.165) is 0 Å². The van der Waals surface area contributed by atoms with Crippen molar-refractivity contribution in [1.82, 2.24) is 4.90 Å². The Morgan fingerprint density at radius 2 is 1.86 bits per heavy atom. The number of aryl methyl sites for hydroxylation is 1. The summed E-state index contributed by atoms with van der Waals surface area (Å²) in [6.45, 7) is 5.84. The van der Waals surface area contributed by atoms with Gasteiger partial charge in [0.05, 0.1) is 11.0 Å². The lowest BCUT2D eigenvalue weighted by Gasteiger charge is -2.38. The first kappa shape index (κ1) is 19.8.